The second kappa shape index (κ2) is 3.22. The average molecular weight is 224 g/mol. The first-order valence-electron chi connectivity index (χ1n) is 6.42. The molecule has 1 atom stereocenters. The van der Waals surface area contributed by atoms with Gasteiger partial charge in [-0.05, 0) is 55.8 Å². The van der Waals surface area contributed by atoms with Gasteiger partial charge in [-0.2, -0.15) is 0 Å². The maximum atomic E-state index is 11.1. The SMILES string of the molecule is CC1(C(O)C(=O)O)C2CC3CC(C2)CC1C3. The van der Waals surface area contributed by atoms with E-state index in [0.717, 1.165) is 37.5 Å². The van der Waals surface area contributed by atoms with E-state index in [1.54, 1.807) is 0 Å². The summed E-state index contributed by atoms with van der Waals surface area (Å²) in [6.45, 7) is 2.01. The molecule has 0 radical (unpaired) electrons. The molecule has 3 nitrogen and oxygen atoms in total. The number of carboxylic acids is 1. The van der Waals surface area contributed by atoms with Crippen molar-refractivity contribution >= 4 is 5.97 Å². The van der Waals surface area contributed by atoms with Gasteiger partial charge in [0.1, 0.15) is 0 Å². The lowest BCUT2D eigenvalue weighted by Gasteiger charge is -2.60. The molecule has 4 fully saturated rings. The van der Waals surface area contributed by atoms with Gasteiger partial charge in [-0.15, -0.1) is 0 Å². The maximum absolute atomic E-state index is 11.1. The average Bonchev–Trinajstić information content (AvgIpc) is 2.23. The first kappa shape index (κ1) is 10.6. The smallest absolute Gasteiger partial charge is 0.333 e. The normalized spacial score (nSPS) is 51.6. The van der Waals surface area contributed by atoms with Gasteiger partial charge in [0.2, 0.25) is 0 Å². The van der Waals surface area contributed by atoms with E-state index in [0.29, 0.717) is 11.8 Å². The van der Waals surface area contributed by atoms with Crippen molar-refractivity contribution in [3.8, 4) is 0 Å². The van der Waals surface area contributed by atoms with Gasteiger partial charge in [-0.25, -0.2) is 4.79 Å². The molecule has 4 rings (SSSR count). The number of carboxylic acid groups (broad SMARTS) is 1. The Morgan fingerprint density at radius 1 is 1.12 bits per heavy atom. The van der Waals surface area contributed by atoms with E-state index in [2.05, 4.69) is 0 Å². The number of aliphatic hydroxyl groups is 1. The van der Waals surface area contributed by atoms with Gasteiger partial charge in [-0.1, -0.05) is 6.92 Å². The minimum atomic E-state index is -1.16. The number of rotatable bonds is 2. The second-order valence-electron chi connectivity index (χ2n) is 6.41. The lowest BCUT2D eigenvalue weighted by atomic mass is 9.44. The largest absolute Gasteiger partial charge is 0.479 e. The summed E-state index contributed by atoms with van der Waals surface area (Å²) in [6.07, 6.45) is 4.78. The highest BCUT2D eigenvalue weighted by Gasteiger charge is 2.59. The number of aliphatic carboxylic acids is 1. The van der Waals surface area contributed by atoms with E-state index < -0.39 is 12.1 Å². The Kier molecular flexibility index (Phi) is 2.13. The molecular weight excluding hydrogens is 204 g/mol. The van der Waals surface area contributed by atoms with Crippen molar-refractivity contribution in [1.29, 1.82) is 0 Å². The summed E-state index contributed by atoms with van der Waals surface area (Å²) in [7, 11) is 0. The van der Waals surface area contributed by atoms with Crippen LogP contribution < -0.4 is 0 Å². The Morgan fingerprint density at radius 3 is 1.94 bits per heavy atom. The van der Waals surface area contributed by atoms with Crippen molar-refractivity contribution in [1.82, 2.24) is 0 Å². The molecule has 90 valence electrons. The first-order valence-corrected chi connectivity index (χ1v) is 6.42. The summed E-state index contributed by atoms with van der Waals surface area (Å²) in [6, 6.07) is 0. The van der Waals surface area contributed by atoms with Gasteiger partial charge in [0.15, 0.2) is 6.10 Å². The minimum Gasteiger partial charge on any atom is -0.479 e. The fourth-order valence-electron chi connectivity index (χ4n) is 4.91. The van der Waals surface area contributed by atoms with Crippen LogP contribution in [0.4, 0.5) is 0 Å². The van der Waals surface area contributed by atoms with Gasteiger partial charge >= 0.3 is 5.97 Å². The lowest BCUT2D eigenvalue weighted by molar-refractivity contribution is -0.184. The molecule has 4 aliphatic rings. The molecule has 0 aromatic heterocycles. The topological polar surface area (TPSA) is 57.5 Å². The van der Waals surface area contributed by atoms with Crippen LogP contribution in [0.3, 0.4) is 0 Å². The highest BCUT2D eigenvalue weighted by Crippen LogP contribution is 2.63. The van der Waals surface area contributed by atoms with Gasteiger partial charge < -0.3 is 10.2 Å². The van der Waals surface area contributed by atoms with E-state index in [-0.39, 0.29) is 5.41 Å². The Labute approximate surface area is 95.9 Å². The fourth-order valence-corrected chi connectivity index (χ4v) is 4.91. The molecule has 16 heavy (non-hydrogen) atoms. The van der Waals surface area contributed by atoms with Crippen LogP contribution in [0, 0.1) is 29.1 Å². The van der Waals surface area contributed by atoms with E-state index in [4.69, 9.17) is 5.11 Å². The summed E-state index contributed by atoms with van der Waals surface area (Å²) in [5.41, 5.74) is -0.362. The molecule has 0 aromatic rings. The van der Waals surface area contributed by atoms with Gasteiger partial charge in [0.05, 0.1) is 0 Å². The van der Waals surface area contributed by atoms with Gasteiger partial charge in [0, 0.05) is 5.41 Å². The van der Waals surface area contributed by atoms with Crippen LogP contribution in [0.5, 0.6) is 0 Å². The van der Waals surface area contributed by atoms with E-state index >= 15 is 0 Å². The van der Waals surface area contributed by atoms with Crippen LogP contribution in [0.25, 0.3) is 0 Å². The summed E-state index contributed by atoms with van der Waals surface area (Å²) in [5.74, 6) is 1.48. The fraction of sp³-hybridized carbons (Fsp3) is 0.923. The standard InChI is InChI=1S/C13H20O3/c1-13(11(14)12(15)16)9-3-7-2-8(5-9)6-10(13)4-7/h7-11,14H,2-6H2,1H3,(H,15,16). The van der Waals surface area contributed by atoms with Crippen molar-refractivity contribution in [3.05, 3.63) is 0 Å². The molecular formula is C13H20O3. The molecule has 4 aliphatic carbocycles. The van der Waals surface area contributed by atoms with Crippen LogP contribution in [-0.4, -0.2) is 22.3 Å². The van der Waals surface area contributed by atoms with Crippen molar-refractivity contribution in [3.63, 3.8) is 0 Å². The van der Waals surface area contributed by atoms with E-state index in [9.17, 15) is 9.90 Å². The van der Waals surface area contributed by atoms with Crippen LogP contribution in [0.15, 0.2) is 0 Å². The van der Waals surface area contributed by atoms with Crippen LogP contribution in [-0.2, 0) is 4.79 Å². The molecule has 0 amide bonds. The van der Waals surface area contributed by atoms with Crippen molar-refractivity contribution in [2.24, 2.45) is 29.1 Å². The zero-order valence-corrected chi connectivity index (χ0v) is 9.72. The number of carbonyl (C=O) groups is 1. The zero-order chi connectivity index (χ0) is 11.5. The molecule has 0 heterocycles. The quantitative estimate of drug-likeness (QED) is 0.753. The third-order valence-electron chi connectivity index (χ3n) is 5.72. The predicted octanol–water partition coefficient (Wildman–Crippen LogP) is 1.89. The van der Waals surface area contributed by atoms with Crippen LogP contribution in [0.1, 0.15) is 39.0 Å². The Hall–Kier alpha value is -0.570. The molecule has 0 spiro atoms. The zero-order valence-electron chi connectivity index (χ0n) is 9.72. The summed E-state index contributed by atoms with van der Waals surface area (Å²) in [5, 5.41) is 19.1. The summed E-state index contributed by atoms with van der Waals surface area (Å²) < 4.78 is 0. The molecule has 0 aliphatic heterocycles. The second-order valence-corrected chi connectivity index (χ2v) is 6.41. The van der Waals surface area contributed by atoms with E-state index in [1.807, 2.05) is 6.92 Å². The number of hydrogen-bond acceptors (Lipinski definition) is 2. The molecule has 3 heteroatoms. The molecule has 1 unspecified atom stereocenters. The summed E-state index contributed by atoms with van der Waals surface area (Å²) in [4.78, 5) is 11.1. The molecule has 4 saturated carbocycles. The third-order valence-corrected chi connectivity index (χ3v) is 5.72. The Bertz CT molecular complexity index is 295. The maximum Gasteiger partial charge on any atom is 0.333 e. The molecule has 2 N–H and O–H groups in total. The third kappa shape index (κ3) is 1.21. The number of hydrogen-bond donors (Lipinski definition) is 2. The Balaban J connectivity index is 1.93. The van der Waals surface area contributed by atoms with Crippen LogP contribution in [0.2, 0.25) is 0 Å². The van der Waals surface area contributed by atoms with Crippen molar-refractivity contribution in [2.75, 3.05) is 0 Å². The highest BCUT2D eigenvalue weighted by atomic mass is 16.4. The van der Waals surface area contributed by atoms with Crippen molar-refractivity contribution in [2.45, 2.75) is 45.1 Å². The van der Waals surface area contributed by atoms with Crippen LogP contribution >= 0.6 is 0 Å². The summed E-state index contributed by atoms with van der Waals surface area (Å²) >= 11 is 0. The van der Waals surface area contributed by atoms with Crippen molar-refractivity contribution < 1.29 is 15.0 Å². The minimum absolute atomic E-state index is 0.362. The molecule has 0 saturated heterocycles. The van der Waals surface area contributed by atoms with Gasteiger partial charge in [0.25, 0.3) is 0 Å². The first-order chi connectivity index (χ1) is 7.51. The molecule has 4 bridgehead atoms. The number of aliphatic hydroxyl groups excluding tert-OH is 1. The Morgan fingerprint density at radius 2 is 1.56 bits per heavy atom. The monoisotopic (exact) mass is 224 g/mol. The lowest BCUT2D eigenvalue weighted by Crippen LogP contribution is -2.58. The van der Waals surface area contributed by atoms with Gasteiger partial charge in [-0.3, -0.25) is 0 Å². The predicted molar refractivity (Wildman–Crippen MR) is 58.8 cm³/mol. The highest BCUT2D eigenvalue weighted by molar-refractivity contribution is 5.73. The van der Waals surface area contributed by atoms with E-state index in [1.165, 1.54) is 6.42 Å². The molecule has 0 aromatic carbocycles.